The summed E-state index contributed by atoms with van der Waals surface area (Å²) in [6, 6.07) is 14.2. The van der Waals surface area contributed by atoms with Gasteiger partial charge in [-0.2, -0.15) is 0 Å². The highest BCUT2D eigenvalue weighted by molar-refractivity contribution is 5.78. The molecule has 7 heteroatoms. The molecule has 0 saturated heterocycles. The SMILES string of the molecule is COC(=O)Cn1nc(-c2cccc(C=O)c2)nc1-c1ccc(OC)cc1. The zero-order valence-electron chi connectivity index (χ0n) is 14.4. The summed E-state index contributed by atoms with van der Waals surface area (Å²) in [6.07, 6.45) is 0.763. The average molecular weight is 351 g/mol. The van der Waals surface area contributed by atoms with Gasteiger partial charge < -0.3 is 9.47 Å². The molecule has 3 aromatic rings. The van der Waals surface area contributed by atoms with Gasteiger partial charge >= 0.3 is 5.97 Å². The number of aldehydes is 1. The molecule has 0 bridgehead atoms. The first-order chi connectivity index (χ1) is 12.6. The number of carbonyl (C=O) groups is 2. The molecule has 0 amide bonds. The number of hydrogen-bond acceptors (Lipinski definition) is 6. The molecule has 0 unspecified atom stereocenters. The Labute approximate surface area is 150 Å². The van der Waals surface area contributed by atoms with Crippen molar-refractivity contribution in [3.63, 3.8) is 0 Å². The van der Waals surface area contributed by atoms with Crippen molar-refractivity contribution >= 4 is 12.3 Å². The Morgan fingerprint density at radius 3 is 2.54 bits per heavy atom. The van der Waals surface area contributed by atoms with Crippen LogP contribution in [-0.2, 0) is 16.1 Å². The van der Waals surface area contributed by atoms with Crippen molar-refractivity contribution in [3.05, 3.63) is 54.1 Å². The van der Waals surface area contributed by atoms with Crippen molar-refractivity contribution in [2.75, 3.05) is 14.2 Å². The molecule has 0 saturated carbocycles. The van der Waals surface area contributed by atoms with Crippen LogP contribution in [-0.4, -0.2) is 41.2 Å². The van der Waals surface area contributed by atoms with Gasteiger partial charge in [-0.15, -0.1) is 5.10 Å². The number of ether oxygens (including phenoxy) is 2. The average Bonchev–Trinajstić information content (AvgIpc) is 3.11. The molecule has 2 aromatic carbocycles. The molecular weight excluding hydrogens is 334 g/mol. The van der Waals surface area contributed by atoms with Gasteiger partial charge in [-0.25, -0.2) is 9.67 Å². The van der Waals surface area contributed by atoms with Crippen LogP contribution in [0, 0.1) is 0 Å². The summed E-state index contributed by atoms with van der Waals surface area (Å²) in [5.74, 6) is 1.22. The minimum Gasteiger partial charge on any atom is -0.497 e. The summed E-state index contributed by atoms with van der Waals surface area (Å²) in [7, 11) is 2.91. The van der Waals surface area contributed by atoms with E-state index in [4.69, 9.17) is 9.47 Å². The summed E-state index contributed by atoms with van der Waals surface area (Å²) in [5.41, 5.74) is 1.99. The number of aromatic nitrogens is 3. The molecule has 26 heavy (non-hydrogen) atoms. The second kappa shape index (κ2) is 7.60. The van der Waals surface area contributed by atoms with Crippen LogP contribution in [0.2, 0.25) is 0 Å². The topological polar surface area (TPSA) is 83.3 Å². The summed E-state index contributed by atoms with van der Waals surface area (Å²) in [5, 5.41) is 4.42. The Balaban J connectivity index is 2.06. The van der Waals surface area contributed by atoms with E-state index in [2.05, 4.69) is 10.1 Å². The second-order valence-corrected chi connectivity index (χ2v) is 5.46. The van der Waals surface area contributed by atoms with Gasteiger partial charge in [0.15, 0.2) is 11.6 Å². The third-order valence-electron chi connectivity index (χ3n) is 3.81. The molecule has 132 valence electrons. The molecule has 7 nitrogen and oxygen atoms in total. The lowest BCUT2D eigenvalue weighted by Crippen LogP contribution is -2.14. The lowest BCUT2D eigenvalue weighted by Gasteiger charge is -2.05. The van der Waals surface area contributed by atoms with Crippen molar-refractivity contribution in [1.29, 1.82) is 0 Å². The van der Waals surface area contributed by atoms with Gasteiger partial charge in [0, 0.05) is 16.7 Å². The van der Waals surface area contributed by atoms with Gasteiger partial charge in [0.2, 0.25) is 0 Å². The fourth-order valence-electron chi connectivity index (χ4n) is 2.47. The number of carbonyl (C=O) groups excluding carboxylic acids is 2. The van der Waals surface area contributed by atoms with Crippen molar-refractivity contribution in [2.45, 2.75) is 6.54 Å². The molecule has 0 spiro atoms. The number of hydrogen-bond donors (Lipinski definition) is 0. The molecule has 1 heterocycles. The lowest BCUT2D eigenvalue weighted by atomic mass is 10.1. The minimum absolute atomic E-state index is 0.0712. The maximum Gasteiger partial charge on any atom is 0.327 e. The van der Waals surface area contributed by atoms with Crippen LogP contribution in [0.3, 0.4) is 0 Å². The van der Waals surface area contributed by atoms with E-state index < -0.39 is 5.97 Å². The summed E-state index contributed by atoms with van der Waals surface area (Å²) < 4.78 is 11.4. The zero-order valence-corrected chi connectivity index (χ0v) is 14.4. The fourth-order valence-corrected chi connectivity index (χ4v) is 2.47. The Hall–Kier alpha value is -3.48. The van der Waals surface area contributed by atoms with Crippen LogP contribution >= 0.6 is 0 Å². The van der Waals surface area contributed by atoms with Crippen LogP contribution in [0.5, 0.6) is 5.75 Å². The van der Waals surface area contributed by atoms with Crippen LogP contribution in [0.15, 0.2) is 48.5 Å². The molecule has 0 aliphatic heterocycles. The lowest BCUT2D eigenvalue weighted by molar-refractivity contribution is -0.141. The second-order valence-electron chi connectivity index (χ2n) is 5.46. The number of rotatable bonds is 6. The van der Waals surface area contributed by atoms with Crippen molar-refractivity contribution in [1.82, 2.24) is 14.8 Å². The Bertz CT molecular complexity index is 932. The predicted octanol–water partition coefficient (Wildman–Crippen LogP) is 2.61. The molecule has 0 N–H and O–H groups in total. The first kappa shape index (κ1) is 17.3. The number of nitrogens with zero attached hydrogens (tertiary/aromatic N) is 3. The Morgan fingerprint density at radius 2 is 1.88 bits per heavy atom. The first-order valence-corrected chi connectivity index (χ1v) is 7.86. The van der Waals surface area contributed by atoms with Gasteiger partial charge in [0.25, 0.3) is 0 Å². The minimum atomic E-state index is -0.433. The maximum absolute atomic E-state index is 11.7. The monoisotopic (exact) mass is 351 g/mol. The molecular formula is C19H17N3O4. The maximum atomic E-state index is 11.7. The van der Waals surface area contributed by atoms with Gasteiger partial charge in [-0.3, -0.25) is 9.59 Å². The normalized spacial score (nSPS) is 10.4. The first-order valence-electron chi connectivity index (χ1n) is 7.86. The van der Waals surface area contributed by atoms with Crippen molar-refractivity contribution in [2.24, 2.45) is 0 Å². The van der Waals surface area contributed by atoms with Gasteiger partial charge in [0.1, 0.15) is 18.6 Å². The molecule has 0 atom stereocenters. The van der Waals surface area contributed by atoms with Crippen molar-refractivity contribution < 1.29 is 19.1 Å². The number of benzene rings is 2. The standard InChI is InChI=1S/C19H17N3O4/c1-25-16-8-6-14(7-9-16)19-20-18(21-22(19)11-17(24)26-2)15-5-3-4-13(10-15)12-23/h3-10,12H,11H2,1-2H3. The van der Waals surface area contributed by atoms with Gasteiger partial charge in [-0.05, 0) is 30.3 Å². The zero-order chi connectivity index (χ0) is 18.5. The Morgan fingerprint density at radius 1 is 1.12 bits per heavy atom. The molecule has 1 aromatic heterocycles. The highest BCUT2D eigenvalue weighted by Gasteiger charge is 2.16. The smallest absolute Gasteiger partial charge is 0.327 e. The Kier molecular flexibility index (Phi) is 5.07. The highest BCUT2D eigenvalue weighted by Crippen LogP contribution is 2.25. The third-order valence-corrected chi connectivity index (χ3v) is 3.81. The van der Waals surface area contributed by atoms with Crippen LogP contribution in [0.4, 0.5) is 0 Å². The van der Waals surface area contributed by atoms with Crippen LogP contribution in [0.25, 0.3) is 22.8 Å². The van der Waals surface area contributed by atoms with Gasteiger partial charge in [0.05, 0.1) is 14.2 Å². The van der Waals surface area contributed by atoms with E-state index >= 15 is 0 Å². The number of methoxy groups -OCH3 is 2. The van der Waals surface area contributed by atoms with Crippen LogP contribution < -0.4 is 4.74 Å². The third kappa shape index (κ3) is 3.61. The van der Waals surface area contributed by atoms with E-state index in [1.165, 1.54) is 11.8 Å². The largest absolute Gasteiger partial charge is 0.497 e. The molecule has 3 rings (SSSR count). The van der Waals surface area contributed by atoms with E-state index in [1.807, 2.05) is 18.2 Å². The van der Waals surface area contributed by atoms with Crippen molar-refractivity contribution in [3.8, 4) is 28.5 Å². The molecule has 0 aliphatic carbocycles. The van der Waals surface area contributed by atoms with E-state index in [-0.39, 0.29) is 6.54 Å². The predicted molar refractivity (Wildman–Crippen MR) is 94.8 cm³/mol. The number of esters is 1. The molecule has 0 aliphatic rings. The van der Waals surface area contributed by atoms with Crippen LogP contribution in [0.1, 0.15) is 10.4 Å². The fraction of sp³-hybridized carbons (Fsp3) is 0.158. The molecule has 0 radical (unpaired) electrons. The quantitative estimate of drug-likeness (QED) is 0.501. The summed E-state index contributed by atoms with van der Waals surface area (Å²) in [6.45, 7) is -0.0712. The van der Waals surface area contributed by atoms with E-state index in [1.54, 1.807) is 37.4 Å². The highest BCUT2D eigenvalue weighted by atomic mass is 16.5. The summed E-state index contributed by atoms with van der Waals surface area (Å²) >= 11 is 0. The van der Waals surface area contributed by atoms with E-state index in [0.717, 1.165) is 11.8 Å². The van der Waals surface area contributed by atoms with E-state index in [9.17, 15) is 9.59 Å². The molecule has 0 fully saturated rings. The van der Waals surface area contributed by atoms with E-state index in [0.29, 0.717) is 28.5 Å². The van der Waals surface area contributed by atoms with Gasteiger partial charge in [-0.1, -0.05) is 18.2 Å². The summed E-state index contributed by atoms with van der Waals surface area (Å²) in [4.78, 5) is 27.3.